The van der Waals surface area contributed by atoms with Gasteiger partial charge < -0.3 is 14.7 Å². The van der Waals surface area contributed by atoms with Gasteiger partial charge >= 0.3 is 5.97 Å². The smallest absolute Gasteiger partial charge is 0.334 e. The van der Waals surface area contributed by atoms with Gasteiger partial charge in [-0.25, -0.2) is 4.79 Å². The normalized spacial score (nSPS) is 22.8. The van der Waals surface area contributed by atoms with Crippen LogP contribution in [0.1, 0.15) is 26.9 Å². The molecule has 0 bridgehead atoms. The van der Waals surface area contributed by atoms with Crippen LogP contribution in [0.5, 0.6) is 0 Å². The van der Waals surface area contributed by atoms with Crippen LogP contribution in [-0.2, 0) is 9.53 Å². The second kappa shape index (κ2) is 7.59. The van der Waals surface area contributed by atoms with Crippen molar-refractivity contribution in [1.82, 2.24) is 4.90 Å². The number of benzene rings is 1. The van der Waals surface area contributed by atoms with E-state index in [1.54, 1.807) is 4.90 Å². The molecule has 0 aromatic heterocycles. The third-order valence-electron chi connectivity index (χ3n) is 3.89. The maximum Gasteiger partial charge on any atom is 0.334 e. The monoisotopic (exact) mass is 353 g/mol. The molecule has 23 heavy (non-hydrogen) atoms. The van der Waals surface area contributed by atoms with Gasteiger partial charge in [0.2, 0.25) is 0 Å². The van der Waals surface area contributed by atoms with Crippen LogP contribution >= 0.6 is 23.5 Å². The van der Waals surface area contributed by atoms with E-state index in [0.29, 0.717) is 16.7 Å². The molecular formula is C16H19NO4S2. The number of hydrogen-bond acceptors (Lipinski definition) is 5. The maximum absolute atomic E-state index is 12.5. The number of thioether (sulfide) groups is 2. The first-order chi connectivity index (χ1) is 11.1. The minimum Gasteiger partial charge on any atom is -0.479 e. The van der Waals surface area contributed by atoms with Crippen molar-refractivity contribution in [2.75, 3.05) is 31.2 Å². The van der Waals surface area contributed by atoms with Gasteiger partial charge in [0.25, 0.3) is 5.91 Å². The lowest BCUT2D eigenvalue weighted by Gasteiger charge is -2.31. The predicted octanol–water partition coefficient (Wildman–Crippen LogP) is 2.48. The van der Waals surface area contributed by atoms with Gasteiger partial charge in [-0.15, -0.1) is 23.5 Å². The van der Waals surface area contributed by atoms with E-state index in [0.717, 1.165) is 0 Å². The first kappa shape index (κ1) is 16.7. The van der Waals surface area contributed by atoms with Crippen LogP contribution in [0.3, 0.4) is 0 Å². The molecule has 1 unspecified atom stereocenters. The van der Waals surface area contributed by atoms with Crippen LogP contribution in [0.2, 0.25) is 0 Å². The van der Waals surface area contributed by atoms with E-state index in [1.165, 1.54) is 23.5 Å². The molecule has 0 radical (unpaired) electrons. The Kier molecular flexibility index (Phi) is 5.50. The van der Waals surface area contributed by atoms with E-state index in [-0.39, 0.29) is 19.1 Å². The molecule has 0 saturated carbocycles. The number of carboxylic acid groups (broad SMARTS) is 1. The fraction of sp³-hybridized carbons (Fsp3) is 0.500. The Morgan fingerprint density at radius 3 is 2.52 bits per heavy atom. The van der Waals surface area contributed by atoms with E-state index in [2.05, 4.69) is 0 Å². The van der Waals surface area contributed by atoms with Gasteiger partial charge in [0, 0.05) is 12.1 Å². The Bertz CT molecular complexity index is 572. The summed E-state index contributed by atoms with van der Waals surface area (Å²) in [6.45, 7) is 0.791. The molecule has 7 heteroatoms. The number of rotatable bonds is 3. The number of nitrogens with zero attached hydrogens (tertiary/aromatic N) is 1. The van der Waals surface area contributed by atoms with Crippen molar-refractivity contribution in [3.8, 4) is 0 Å². The number of ether oxygens (including phenoxy) is 1. The zero-order chi connectivity index (χ0) is 16.2. The molecule has 2 aliphatic rings. The minimum absolute atomic E-state index is 0.101. The average molecular weight is 353 g/mol. The summed E-state index contributed by atoms with van der Waals surface area (Å²) in [6.07, 6.45) is 0.325. The van der Waals surface area contributed by atoms with Crippen LogP contribution in [0.25, 0.3) is 0 Å². The lowest BCUT2D eigenvalue weighted by molar-refractivity contribution is -0.154. The lowest BCUT2D eigenvalue weighted by atomic mass is 10.1. The highest BCUT2D eigenvalue weighted by atomic mass is 32.2. The first-order valence-corrected chi connectivity index (χ1v) is 9.72. The van der Waals surface area contributed by atoms with E-state index in [9.17, 15) is 9.59 Å². The summed E-state index contributed by atoms with van der Waals surface area (Å²) in [5.74, 6) is 1.21. The molecule has 1 N–H and O–H groups in total. The predicted molar refractivity (Wildman–Crippen MR) is 92.0 cm³/mol. The van der Waals surface area contributed by atoms with E-state index >= 15 is 0 Å². The topological polar surface area (TPSA) is 66.8 Å². The third kappa shape index (κ3) is 4.02. The van der Waals surface area contributed by atoms with Gasteiger partial charge in [-0.05, 0) is 35.6 Å². The van der Waals surface area contributed by atoms with E-state index in [1.807, 2.05) is 47.8 Å². The largest absolute Gasteiger partial charge is 0.479 e. The van der Waals surface area contributed by atoms with Crippen molar-refractivity contribution in [3.63, 3.8) is 0 Å². The van der Waals surface area contributed by atoms with Crippen LogP contribution in [0, 0.1) is 0 Å². The molecule has 1 atom stereocenters. The lowest BCUT2D eigenvalue weighted by Crippen LogP contribution is -2.48. The van der Waals surface area contributed by atoms with Crippen molar-refractivity contribution in [3.05, 3.63) is 35.4 Å². The fourth-order valence-corrected chi connectivity index (χ4v) is 5.52. The zero-order valence-corrected chi connectivity index (χ0v) is 14.3. The Morgan fingerprint density at radius 1 is 1.17 bits per heavy atom. The number of carboxylic acids is 1. The summed E-state index contributed by atoms with van der Waals surface area (Å²) in [7, 11) is 0. The second-order valence-corrected chi connectivity index (χ2v) is 8.22. The summed E-state index contributed by atoms with van der Waals surface area (Å²) in [6, 6.07) is 7.72. The molecule has 3 rings (SSSR count). The quantitative estimate of drug-likeness (QED) is 0.900. The van der Waals surface area contributed by atoms with Gasteiger partial charge in [-0.1, -0.05) is 12.1 Å². The van der Waals surface area contributed by atoms with Gasteiger partial charge in [0.1, 0.15) is 0 Å². The van der Waals surface area contributed by atoms with Crippen LogP contribution < -0.4 is 0 Å². The molecule has 2 fully saturated rings. The molecule has 5 nitrogen and oxygen atoms in total. The summed E-state index contributed by atoms with van der Waals surface area (Å²) in [4.78, 5) is 25.1. The minimum atomic E-state index is -1.02. The molecule has 2 aliphatic heterocycles. The van der Waals surface area contributed by atoms with Gasteiger partial charge in [-0.2, -0.15) is 0 Å². The molecule has 2 saturated heterocycles. The molecule has 124 valence electrons. The number of aliphatic carboxylic acids is 1. The van der Waals surface area contributed by atoms with Crippen LogP contribution in [0.4, 0.5) is 0 Å². The second-order valence-electron chi connectivity index (χ2n) is 5.50. The highest BCUT2D eigenvalue weighted by molar-refractivity contribution is 8.16. The molecule has 1 aromatic rings. The SMILES string of the molecule is O=C(O)C1CN(C(=O)c2ccc(C3SCCCS3)cc2)CCO1. The summed E-state index contributed by atoms with van der Waals surface area (Å²) < 4.78 is 5.61. The van der Waals surface area contributed by atoms with Crippen LogP contribution in [0.15, 0.2) is 24.3 Å². The zero-order valence-electron chi connectivity index (χ0n) is 12.6. The standard InChI is InChI=1S/C16H19NO4S2/c18-14(17-6-7-21-13(10-17)15(19)20)11-2-4-12(5-3-11)16-22-8-1-9-23-16/h2-5,13,16H,1,6-10H2,(H,19,20). The first-order valence-electron chi connectivity index (χ1n) is 7.62. The summed E-state index contributed by atoms with van der Waals surface area (Å²) in [5.41, 5.74) is 1.84. The Labute approximate surface area is 143 Å². The van der Waals surface area contributed by atoms with Gasteiger partial charge in [0.15, 0.2) is 6.10 Å². The average Bonchev–Trinajstić information content (AvgIpc) is 2.62. The Balaban J connectivity index is 1.66. The third-order valence-corrected chi connectivity index (χ3v) is 6.90. The highest BCUT2D eigenvalue weighted by Gasteiger charge is 2.29. The van der Waals surface area contributed by atoms with Crippen LogP contribution in [-0.4, -0.2) is 59.2 Å². The van der Waals surface area contributed by atoms with Gasteiger partial charge in [0.05, 0.1) is 17.7 Å². The van der Waals surface area contributed by atoms with Crippen molar-refractivity contribution < 1.29 is 19.4 Å². The number of carbonyl (C=O) groups excluding carboxylic acids is 1. The number of morpholine rings is 1. The van der Waals surface area contributed by atoms with Crippen molar-refractivity contribution in [2.45, 2.75) is 17.1 Å². The molecule has 2 heterocycles. The summed E-state index contributed by atoms with van der Waals surface area (Å²) >= 11 is 3.90. The number of hydrogen-bond donors (Lipinski definition) is 1. The summed E-state index contributed by atoms with van der Waals surface area (Å²) in [5, 5.41) is 9.02. The van der Waals surface area contributed by atoms with Crippen molar-refractivity contribution in [1.29, 1.82) is 0 Å². The van der Waals surface area contributed by atoms with E-state index < -0.39 is 12.1 Å². The highest BCUT2D eigenvalue weighted by Crippen LogP contribution is 2.43. The fourth-order valence-electron chi connectivity index (χ4n) is 2.63. The van der Waals surface area contributed by atoms with Crippen molar-refractivity contribution >= 4 is 35.4 Å². The molecular weight excluding hydrogens is 334 g/mol. The Hall–Kier alpha value is -1.18. The number of amides is 1. The molecule has 0 spiro atoms. The Morgan fingerprint density at radius 2 is 1.87 bits per heavy atom. The maximum atomic E-state index is 12.5. The van der Waals surface area contributed by atoms with Crippen molar-refractivity contribution in [2.24, 2.45) is 0 Å². The molecule has 0 aliphatic carbocycles. The number of carbonyl (C=O) groups is 2. The van der Waals surface area contributed by atoms with Gasteiger partial charge in [-0.3, -0.25) is 4.79 Å². The van der Waals surface area contributed by atoms with E-state index in [4.69, 9.17) is 9.84 Å². The molecule has 1 amide bonds. The molecule has 1 aromatic carbocycles.